The van der Waals surface area contributed by atoms with Crippen molar-refractivity contribution in [3.63, 3.8) is 0 Å². The molecule has 0 aliphatic carbocycles. The number of aliphatic imine (C=N–C) groups is 1. The summed E-state index contributed by atoms with van der Waals surface area (Å²) in [6.45, 7) is 4.51. The zero-order chi connectivity index (χ0) is 22.0. The fourth-order valence-electron chi connectivity index (χ4n) is 3.53. The van der Waals surface area contributed by atoms with E-state index in [1.807, 2.05) is 38.4 Å². The number of hydrogen-bond donors (Lipinski definition) is 0. The van der Waals surface area contributed by atoms with Gasteiger partial charge in [-0.25, -0.2) is 9.79 Å². The number of nitrogens with zero attached hydrogens (tertiary/aromatic N) is 3. The van der Waals surface area contributed by atoms with Gasteiger partial charge in [-0.15, -0.1) is 0 Å². The quantitative estimate of drug-likeness (QED) is 0.421. The van der Waals surface area contributed by atoms with Gasteiger partial charge in [0.1, 0.15) is 0 Å². The molecule has 4 rings (SSSR count). The summed E-state index contributed by atoms with van der Waals surface area (Å²) in [4.78, 5) is 32.0. The highest BCUT2D eigenvalue weighted by Crippen LogP contribution is 2.35. The third-order valence-corrected chi connectivity index (χ3v) is 6.01. The van der Waals surface area contributed by atoms with Crippen LogP contribution in [-0.2, 0) is 16.6 Å². The molecule has 31 heavy (non-hydrogen) atoms. The second-order valence-electron chi connectivity index (χ2n) is 7.04. The number of thioether (sulfide) groups is 1. The van der Waals surface area contributed by atoms with E-state index in [2.05, 4.69) is 21.7 Å². The second-order valence-corrected chi connectivity index (χ2v) is 8.05. The molecule has 0 bridgehead atoms. The first-order valence-electron chi connectivity index (χ1n) is 10.1. The summed E-state index contributed by atoms with van der Waals surface area (Å²) < 4.78 is 7.12. The highest BCUT2D eigenvalue weighted by Gasteiger charge is 2.32. The van der Waals surface area contributed by atoms with Crippen molar-refractivity contribution in [2.45, 2.75) is 13.8 Å². The van der Waals surface area contributed by atoms with Gasteiger partial charge in [-0.1, -0.05) is 24.3 Å². The van der Waals surface area contributed by atoms with E-state index in [1.165, 1.54) is 11.8 Å². The van der Waals surface area contributed by atoms with Crippen molar-refractivity contribution in [2.75, 3.05) is 13.2 Å². The smallest absolute Gasteiger partial charge is 0.338 e. The van der Waals surface area contributed by atoms with Crippen LogP contribution in [0, 0.1) is 0 Å². The molecule has 1 aromatic heterocycles. The molecule has 0 atom stereocenters. The maximum Gasteiger partial charge on any atom is 0.338 e. The molecule has 1 saturated heterocycles. The van der Waals surface area contributed by atoms with Crippen LogP contribution in [0.3, 0.4) is 0 Å². The Labute approximate surface area is 185 Å². The number of esters is 1. The first-order valence-corrected chi connectivity index (χ1v) is 10.9. The number of benzene rings is 2. The molecular weight excluding hydrogens is 410 g/mol. The number of para-hydroxylation sites is 1. The Kier molecular flexibility index (Phi) is 5.95. The fourth-order valence-corrected chi connectivity index (χ4v) is 4.58. The number of aryl methyl sites for hydroxylation is 1. The van der Waals surface area contributed by atoms with Gasteiger partial charge in [-0.2, -0.15) is 0 Å². The number of amides is 1. The Morgan fingerprint density at radius 3 is 2.74 bits per heavy atom. The van der Waals surface area contributed by atoms with Crippen LogP contribution >= 0.6 is 11.8 Å². The number of amidine groups is 1. The van der Waals surface area contributed by atoms with Crippen molar-refractivity contribution >= 4 is 51.5 Å². The third-order valence-electron chi connectivity index (χ3n) is 5.00. The molecule has 7 heteroatoms. The summed E-state index contributed by atoms with van der Waals surface area (Å²) in [5, 5.41) is 1.70. The Hall–Kier alpha value is -3.32. The first-order chi connectivity index (χ1) is 15.0. The fraction of sp³-hybridized carbons (Fsp3) is 0.208. The molecule has 0 N–H and O–H groups in total. The van der Waals surface area contributed by atoms with E-state index in [0.717, 1.165) is 16.5 Å². The molecule has 0 radical (unpaired) electrons. The Morgan fingerprint density at radius 2 is 1.97 bits per heavy atom. The van der Waals surface area contributed by atoms with Crippen LogP contribution in [0.4, 0.5) is 5.69 Å². The van der Waals surface area contributed by atoms with Gasteiger partial charge >= 0.3 is 5.97 Å². The molecule has 6 nitrogen and oxygen atoms in total. The van der Waals surface area contributed by atoms with Crippen LogP contribution in [0.5, 0.6) is 0 Å². The summed E-state index contributed by atoms with van der Waals surface area (Å²) in [6, 6.07) is 15.0. The summed E-state index contributed by atoms with van der Waals surface area (Å²) in [5.41, 5.74) is 3.15. The zero-order valence-corrected chi connectivity index (χ0v) is 18.5. The first kappa shape index (κ1) is 20.9. The molecule has 1 amide bonds. The van der Waals surface area contributed by atoms with Gasteiger partial charge in [0.25, 0.3) is 5.91 Å². The standard InChI is InChI=1S/C24H23N3O3S/c1-4-27-22(28)21(14-17-15-26(3)20-12-7-6-11-19(17)20)31-24(27)25-18-10-8-9-16(13-18)23(29)30-5-2/h6-15H,4-5H2,1-3H3. The van der Waals surface area contributed by atoms with Crippen molar-refractivity contribution in [3.05, 3.63) is 70.8 Å². The van der Waals surface area contributed by atoms with Gasteiger partial charge in [0, 0.05) is 36.3 Å². The summed E-state index contributed by atoms with van der Waals surface area (Å²) >= 11 is 1.35. The summed E-state index contributed by atoms with van der Waals surface area (Å²) in [5.74, 6) is -0.454. The maximum atomic E-state index is 13.0. The Morgan fingerprint density at radius 1 is 1.16 bits per heavy atom. The molecule has 158 valence electrons. The van der Waals surface area contributed by atoms with Gasteiger partial charge in [-0.3, -0.25) is 9.69 Å². The lowest BCUT2D eigenvalue weighted by Gasteiger charge is -2.12. The van der Waals surface area contributed by atoms with Crippen LogP contribution in [0.25, 0.3) is 17.0 Å². The van der Waals surface area contributed by atoms with Crippen LogP contribution in [0.2, 0.25) is 0 Å². The lowest BCUT2D eigenvalue weighted by molar-refractivity contribution is -0.122. The van der Waals surface area contributed by atoms with E-state index < -0.39 is 0 Å². The largest absolute Gasteiger partial charge is 0.462 e. The van der Waals surface area contributed by atoms with Gasteiger partial charge < -0.3 is 9.30 Å². The minimum atomic E-state index is -0.386. The van der Waals surface area contributed by atoms with Gasteiger partial charge in [0.05, 0.1) is 22.8 Å². The third kappa shape index (κ3) is 4.14. The molecule has 3 aromatic rings. The van der Waals surface area contributed by atoms with Crippen LogP contribution < -0.4 is 0 Å². The van der Waals surface area contributed by atoms with Crippen molar-refractivity contribution in [3.8, 4) is 0 Å². The topological polar surface area (TPSA) is 63.9 Å². The second kappa shape index (κ2) is 8.81. The van der Waals surface area contributed by atoms with E-state index in [-0.39, 0.29) is 11.9 Å². The minimum Gasteiger partial charge on any atom is -0.462 e. The number of carbonyl (C=O) groups excluding carboxylic acids is 2. The molecular formula is C24H23N3O3S. The zero-order valence-electron chi connectivity index (χ0n) is 17.7. The lowest BCUT2D eigenvalue weighted by Crippen LogP contribution is -2.28. The van der Waals surface area contributed by atoms with E-state index in [0.29, 0.717) is 34.5 Å². The van der Waals surface area contributed by atoms with Crippen molar-refractivity contribution < 1.29 is 14.3 Å². The van der Waals surface area contributed by atoms with Crippen molar-refractivity contribution in [1.29, 1.82) is 0 Å². The number of rotatable bonds is 5. The number of ether oxygens (including phenoxy) is 1. The SMILES string of the molecule is CCOC(=O)c1cccc(N=C2SC(=Cc3cn(C)c4ccccc34)C(=O)N2CC)c1. The molecule has 1 aliphatic heterocycles. The van der Waals surface area contributed by atoms with Crippen LogP contribution in [0.15, 0.2) is 64.6 Å². The lowest BCUT2D eigenvalue weighted by atomic mass is 10.1. The molecule has 0 unspecified atom stereocenters. The van der Waals surface area contributed by atoms with E-state index in [1.54, 1.807) is 36.1 Å². The highest BCUT2D eigenvalue weighted by molar-refractivity contribution is 8.18. The number of fused-ring (bicyclic) bond motifs is 1. The maximum absolute atomic E-state index is 13.0. The molecule has 0 spiro atoms. The summed E-state index contributed by atoms with van der Waals surface area (Å²) in [7, 11) is 2.00. The normalized spacial score (nSPS) is 16.6. The molecule has 0 saturated carbocycles. The summed E-state index contributed by atoms with van der Waals surface area (Å²) in [6.07, 6.45) is 3.95. The molecule has 2 heterocycles. The molecule has 1 aliphatic rings. The minimum absolute atomic E-state index is 0.0688. The Bertz CT molecular complexity index is 1230. The monoisotopic (exact) mass is 433 g/mol. The van der Waals surface area contributed by atoms with E-state index in [9.17, 15) is 9.59 Å². The Balaban J connectivity index is 1.68. The van der Waals surface area contributed by atoms with Crippen LogP contribution in [-0.4, -0.2) is 39.7 Å². The average Bonchev–Trinajstić information content (AvgIpc) is 3.25. The number of aromatic nitrogens is 1. The van der Waals surface area contributed by atoms with Crippen molar-refractivity contribution in [1.82, 2.24) is 9.47 Å². The molecule has 2 aromatic carbocycles. The predicted octanol–water partition coefficient (Wildman–Crippen LogP) is 4.98. The number of carbonyl (C=O) groups is 2. The van der Waals surface area contributed by atoms with E-state index >= 15 is 0 Å². The average molecular weight is 434 g/mol. The number of likely N-dealkylation sites (N-methyl/N-ethyl adjacent to an activating group) is 1. The highest BCUT2D eigenvalue weighted by atomic mass is 32.2. The van der Waals surface area contributed by atoms with Crippen LogP contribution in [0.1, 0.15) is 29.8 Å². The van der Waals surface area contributed by atoms with Gasteiger partial charge in [-0.05, 0) is 56.0 Å². The van der Waals surface area contributed by atoms with Crippen molar-refractivity contribution in [2.24, 2.45) is 12.0 Å². The van der Waals surface area contributed by atoms with Gasteiger partial charge in [0.2, 0.25) is 0 Å². The predicted molar refractivity (Wildman–Crippen MR) is 125 cm³/mol. The van der Waals surface area contributed by atoms with Gasteiger partial charge in [0.15, 0.2) is 5.17 Å². The van der Waals surface area contributed by atoms with E-state index in [4.69, 9.17) is 4.74 Å². The number of hydrogen-bond acceptors (Lipinski definition) is 5. The molecule has 1 fully saturated rings.